The number of amides is 1. The molecule has 2 N–H and O–H groups in total. The van der Waals surface area contributed by atoms with Gasteiger partial charge in [0.25, 0.3) is 5.91 Å². The Bertz CT molecular complexity index is 520. The summed E-state index contributed by atoms with van der Waals surface area (Å²) in [4.78, 5) is 37.1. The Hall–Kier alpha value is -1.96. The summed E-state index contributed by atoms with van der Waals surface area (Å²) < 4.78 is 5.01. The van der Waals surface area contributed by atoms with E-state index in [1.54, 1.807) is 18.3 Å². The SMILES string of the molecule is CC(=O)OCC(=O)N[C@@H](Cc1cccnc1Br)C(=O)O. The van der Waals surface area contributed by atoms with E-state index in [2.05, 4.69) is 31.0 Å². The fourth-order valence-corrected chi connectivity index (χ4v) is 1.81. The minimum atomic E-state index is -1.18. The molecule has 1 rings (SSSR count). The Morgan fingerprint density at radius 1 is 1.50 bits per heavy atom. The van der Waals surface area contributed by atoms with Crippen LogP contribution in [0.3, 0.4) is 0 Å². The summed E-state index contributed by atoms with van der Waals surface area (Å²) in [7, 11) is 0. The van der Waals surface area contributed by atoms with Crippen molar-refractivity contribution in [3.05, 3.63) is 28.5 Å². The number of nitrogens with zero attached hydrogens (tertiary/aromatic N) is 1. The van der Waals surface area contributed by atoms with Crippen molar-refractivity contribution in [1.29, 1.82) is 0 Å². The standard InChI is InChI=1S/C12H13BrN2O5/c1-7(16)20-6-10(17)15-9(12(18)19)5-8-3-2-4-14-11(8)13/h2-4,9H,5-6H2,1H3,(H,15,17)(H,18,19)/t9-/m0/s1. The Balaban J connectivity index is 2.66. The number of hydrogen-bond acceptors (Lipinski definition) is 5. The van der Waals surface area contributed by atoms with E-state index in [0.29, 0.717) is 10.2 Å². The average molecular weight is 345 g/mol. The van der Waals surface area contributed by atoms with Crippen LogP contribution in [0.25, 0.3) is 0 Å². The third kappa shape index (κ3) is 5.35. The molecule has 1 aromatic heterocycles. The van der Waals surface area contributed by atoms with E-state index in [4.69, 9.17) is 5.11 Å². The first kappa shape index (κ1) is 16.1. The summed E-state index contributed by atoms with van der Waals surface area (Å²) in [5.74, 6) is -2.47. The van der Waals surface area contributed by atoms with Gasteiger partial charge in [0.15, 0.2) is 6.61 Å². The van der Waals surface area contributed by atoms with Gasteiger partial charge in [-0.2, -0.15) is 0 Å². The van der Waals surface area contributed by atoms with Gasteiger partial charge in [-0.3, -0.25) is 9.59 Å². The van der Waals surface area contributed by atoms with Crippen molar-refractivity contribution in [2.75, 3.05) is 6.61 Å². The lowest BCUT2D eigenvalue weighted by atomic mass is 10.1. The van der Waals surface area contributed by atoms with Gasteiger partial charge in [-0.25, -0.2) is 9.78 Å². The van der Waals surface area contributed by atoms with E-state index >= 15 is 0 Å². The molecule has 0 aromatic carbocycles. The third-order valence-corrected chi connectivity index (χ3v) is 3.01. The van der Waals surface area contributed by atoms with E-state index in [1.165, 1.54) is 0 Å². The van der Waals surface area contributed by atoms with Crippen LogP contribution in [-0.2, 0) is 25.5 Å². The number of carbonyl (C=O) groups excluding carboxylic acids is 2. The maximum absolute atomic E-state index is 11.5. The van der Waals surface area contributed by atoms with Crippen molar-refractivity contribution in [2.45, 2.75) is 19.4 Å². The number of esters is 1. The number of carbonyl (C=O) groups is 3. The highest BCUT2D eigenvalue weighted by Crippen LogP contribution is 2.14. The fraction of sp³-hybridized carbons (Fsp3) is 0.333. The minimum Gasteiger partial charge on any atom is -0.480 e. The predicted molar refractivity (Wildman–Crippen MR) is 71.8 cm³/mol. The largest absolute Gasteiger partial charge is 0.480 e. The molecule has 0 aliphatic heterocycles. The quantitative estimate of drug-likeness (QED) is 0.575. The first-order valence-corrected chi connectivity index (χ1v) is 6.44. The zero-order valence-electron chi connectivity index (χ0n) is 10.6. The van der Waals surface area contributed by atoms with Crippen LogP contribution in [0, 0.1) is 0 Å². The number of aromatic nitrogens is 1. The van der Waals surface area contributed by atoms with E-state index in [1.807, 2.05) is 0 Å². The molecule has 1 amide bonds. The monoisotopic (exact) mass is 344 g/mol. The highest BCUT2D eigenvalue weighted by Gasteiger charge is 2.21. The summed E-state index contributed by atoms with van der Waals surface area (Å²) in [6, 6.07) is 2.24. The van der Waals surface area contributed by atoms with Gasteiger partial charge in [-0.15, -0.1) is 0 Å². The van der Waals surface area contributed by atoms with Gasteiger partial charge >= 0.3 is 11.9 Å². The Kier molecular flexibility index (Phi) is 6.10. The molecule has 0 aliphatic carbocycles. The summed E-state index contributed by atoms with van der Waals surface area (Å²) >= 11 is 3.20. The van der Waals surface area contributed by atoms with Crippen LogP contribution in [0.2, 0.25) is 0 Å². The van der Waals surface area contributed by atoms with E-state index in [-0.39, 0.29) is 6.42 Å². The van der Waals surface area contributed by atoms with Crippen molar-refractivity contribution in [1.82, 2.24) is 10.3 Å². The summed E-state index contributed by atoms with van der Waals surface area (Å²) in [6.45, 7) is 0.655. The van der Waals surface area contributed by atoms with E-state index in [9.17, 15) is 14.4 Å². The molecule has 0 unspecified atom stereocenters. The zero-order valence-corrected chi connectivity index (χ0v) is 12.2. The van der Waals surface area contributed by atoms with E-state index in [0.717, 1.165) is 6.92 Å². The van der Waals surface area contributed by atoms with Crippen LogP contribution in [-0.4, -0.2) is 40.6 Å². The van der Waals surface area contributed by atoms with Crippen molar-refractivity contribution in [3.8, 4) is 0 Å². The number of pyridine rings is 1. The topological polar surface area (TPSA) is 106 Å². The molecule has 1 heterocycles. The van der Waals surface area contributed by atoms with Gasteiger partial charge in [0.1, 0.15) is 10.6 Å². The van der Waals surface area contributed by atoms with Crippen LogP contribution in [0.1, 0.15) is 12.5 Å². The molecule has 0 radical (unpaired) electrons. The summed E-state index contributed by atoms with van der Waals surface area (Å²) in [6.07, 6.45) is 1.62. The highest BCUT2D eigenvalue weighted by atomic mass is 79.9. The number of carboxylic acid groups (broad SMARTS) is 1. The van der Waals surface area contributed by atoms with Crippen LogP contribution in [0.5, 0.6) is 0 Å². The zero-order chi connectivity index (χ0) is 15.1. The number of halogens is 1. The normalized spacial score (nSPS) is 11.5. The van der Waals surface area contributed by atoms with Crippen molar-refractivity contribution in [3.63, 3.8) is 0 Å². The van der Waals surface area contributed by atoms with Gasteiger partial charge in [-0.05, 0) is 27.6 Å². The predicted octanol–water partition coefficient (Wildman–Crippen LogP) is 0.519. The molecule has 0 spiro atoms. The first-order chi connectivity index (χ1) is 9.40. The smallest absolute Gasteiger partial charge is 0.326 e. The molecule has 108 valence electrons. The van der Waals surface area contributed by atoms with Crippen LogP contribution in [0.15, 0.2) is 22.9 Å². The number of carboxylic acids is 1. The number of ether oxygens (including phenoxy) is 1. The molecule has 1 atom stereocenters. The van der Waals surface area contributed by atoms with Crippen LogP contribution >= 0.6 is 15.9 Å². The molecule has 0 bridgehead atoms. The molecular formula is C12H13BrN2O5. The molecule has 0 fully saturated rings. The maximum atomic E-state index is 11.5. The molecule has 1 aromatic rings. The second-order valence-corrected chi connectivity index (χ2v) is 4.65. The van der Waals surface area contributed by atoms with Gasteiger partial charge in [0, 0.05) is 19.5 Å². The summed E-state index contributed by atoms with van der Waals surface area (Å²) in [5, 5.41) is 11.4. The lowest BCUT2D eigenvalue weighted by Gasteiger charge is -2.15. The lowest BCUT2D eigenvalue weighted by Crippen LogP contribution is -2.44. The van der Waals surface area contributed by atoms with Gasteiger partial charge in [0.05, 0.1) is 0 Å². The summed E-state index contributed by atoms with van der Waals surface area (Å²) in [5.41, 5.74) is 0.646. The van der Waals surface area contributed by atoms with Crippen molar-refractivity contribution < 1.29 is 24.2 Å². The molecule has 0 saturated carbocycles. The van der Waals surface area contributed by atoms with Gasteiger partial charge < -0.3 is 15.2 Å². The molecule has 0 aliphatic rings. The fourth-order valence-electron chi connectivity index (χ4n) is 1.39. The number of nitrogens with one attached hydrogen (secondary N) is 1. The highest BCUT2D eigenvalue weighted by molar-refractivity contribution is 9.10. The molecule has 7 nitrogen and oxygen atoms in total. The van der Waals surface area contributed by atoms with Gasteiger partial charge in [0.2, 0.25) is 0 Å². The Labute approximate surface area is 123 Å². The molecule has 0 saturated heterocycles. The first-order valence-electron chi connectivity index (χ1n) is 5.65. The second-order valence-electron chi connectivity index (χ2n) is 3.90. The average Bonchev–Trinajstić information content (AvgIpc) is 2.38. The molecular weight excluding hydrogens is 332 g/mol. The number of aliphatic carboxylic acids is 1. The van der Waals surface area contributed by atoms with Crippen LogP contribution < -0.4 is 5.32 Å². The van der Waals surface area contributed by atoms with Crippen molar-refractivity contribution >= 4 is 33.8 Å². The van der Waals surface area contributed by atoms with Crippen molar-refractivity contribution in [2.24, 2.45) is 0 Å². The lowest BCUT2D eigenvalue weighted by molar-refractivity contribution is -0.148. The number of rotatable bonds is 6. The number of hydrogen-bond donors (Lipinski definition) is 2. The maximum Gasteiger partial charge on any atom is 0.326 e. The van der Waals surface area contributed by atoms with Gasteiger partial charge in [-0.1, -0.05) is 6.07 Å². The Morgan fingerprint density at radius 2 is 2.20 bits per heavy atom. The molecule has 8 heteroatoms. The second kappa shape index (κ2) is 7.59. The minimum absolute atomic E-state index is 0.0650. The third-order valence-electron chi connectivity index (χ3n) is 2.30. The van der Waals surface area contributed by atoms with Crippen LogP contribution in [0.4, 0.5) is 0 Å². The Morgan fingerprint density at radius 3 is 2.75 bits per heavy atom. The molecule has 20 heavy (non-hydrogen) atoms. The van der Waals surface area contributed by atoms with E-state index < -0.39 is 30.5 Å².